The molecule has 0 aliphatic carbocycles. The highest BCUT2D eigenvalue weighted by Crippen LogP contribution is 2.12. The Hall–Kier alpha value is -1.61. The molecule has 0 radical (unpaired) electrons. The van der Waals surface area contributed by atoms with Crippen LogP contribution in [-0.4, -0.2) is 11.1 Å². The first kappa shape index (κ1) is 10.9. The number of pyridine rings is 1. The zero-order valence-corrected chi connectivity index (χ0v) is 9.44. The zero-order chi connectivity index (χ0) is 11.5. The van der Waals surface area contributed by atoms with Crippen LogP contribution in [0.15, 0.2) is 35.3 Å². The second kappa shape index (κ2) is 4.49. The minimum Gasteiger partial charge on any atom is -0.329 e. The predicted octanol–water partition coefficient (Wildman–Crippen LogP) is 1.52. The molecule has 0 aliphatic heterocycles. The molecule has 0 unspecified atom stereocenters. The van der Waals surface area contributed by atoms with Gasteiger partial charge < -0.3 is 10.3 Å². The van der Waals surface area contributed by atoms with Crippen LogP contribution in [0.2, 0.25) is 0 Å². The number of fused-ring (bicyclic) bond motifs is 1. The lowest BCUT2D eigenvalue weighted by molar-refractivity contribution is 0.687. The predicted molar refractivity (Wildman–Crippen MR) is 66.6 cm³/mol. The number of nitrogens with zero attached hydrogens (tertiary/aromatic N) is 1. The first-order valence-corrected chi connectivity index (χ1v) is 5.58. The molecule has 84 valence electrons. The van der Waals surface area contributed by atoms with E-state index in [4.69, 9.17) is 5.73 Å². The van der Waals surface area contributed by atoms with Gasteiger partial charge in [-0.1, -0.05) is 19.1 Å². The van der Waals surface area contributed by atoms with E-state index < -0.39 is 0 Å². The summed E-state index contributed by atoms with van der Waals surface area (Å²) in [5, 5.41) is 1.78. The monoisotopic (exact) mass is 216 g/mol. The summed E-state index contributed by atoms with van der Waals surface area (Å²) >= 11 is 0. The van der Waals surface area contributed by atoms with Crippen LogP contribution in [-0.2, 0) is 13.0 Å². The lowest BCUT2D eigenvalue weighted by Gasteiger charge is -2.06. The molecule has 1 aromatic heterocycles. The van der Waals surface area contributed by atoms with Crippen molar-refractivity contribution in [1.82, 2.24) is 4.57 Å². The normalized spacial score (nSPS) is 10.9. The van der Waals surface area contributed by atoms with Crippen molar-refractivity contribution in [2.45, 2.75) is 19.9 Å². The summed E-state index contributed by atoms with van der Waals surface area (Å²) in [6.45, 7) is 3.17. The molecule has 1 aromatic carbocycles. The smallest absolute Gasteiger partial charge is 0.258 e. The third kappa shape index (κ3) is 1.86. The van der Waals surface area contributed by atoms with E-state index in [2.05, 4.69) is 13.0 Å². The first-order valence-electron chi connectivity index (χ1n) is 5.58. The highest BCUT2D eigenvalue weighted by atomic mass is 16.1. The molecule has 0 aliphatic rings. The fourth-order valence-electron chi connectivity index (χ4n) is 1.87. The molecule has 16 heavy (non-hydrogen) atoms. The van der Waals surface area contributed by atoms with Crippen molar-refractivity contribution in [3.05, 3.63) is 46.4 Å². The molecule has 0 atom stereocenters. The van der Waals surface area contributed by atoms with Crippen molar-refractivity contribution in [3.63, 3.8) is 0 Å². The molecule has 0 saturated heterocycles. The van der Waals surface area contributed by atoms with E-state index in [9.17, 15) is 4.79 Å². The highest BCUT2D eigenvalue weighted by molar-refractivity contribution is 5.82. The van der Waals surface area contributed by atoms with Crippen LogP contribution in [0.1, 0.15) is 12.5 Å². The van der Waals surface area contributed by atoms with Gasteiger partial charge in [0.1, 0.15) is 0 Å². The SMILES string of the molecule is CCc1ccc2c(=O)n(CCN)ccc2c1. The lowest BCUT2D eigenvalue weighted by Crippen LogP contribution is -2.23. The molecular weight excluding hydrogens is 200 g/mol. The molecule has 2 aromatic rings. The van der Waals surface area contributed by atoms with E-state index in [1.165, 1.54) is 5.56 Å². The van der Waals surface area contributed by atoms with Crippen LogP contribution >= 0.6 is 0 Å². The molecule has 2 N–H and O–H groups in total. The lowest BCUT2D eigenvalue weighted by atomic mass is 10.1. The third-order valence-corrected chi connectivity index (χ3v) is 2.82. The van der Waals surface area contributed by atoms with Crippen LogP contribution in [0.5, 0.6) is 0 Å². The van der Waals surface area contributed by atoms with E-state index in [0.29, 0.717) is 13.1 Å². The van der Waals surface area contributed by atoms with Crippen molar-refractivity contribution >= 4 is 10.8 Å². The molecule has 3 heteroatoms. The molecule has 2 rings (SSSR count). The van der Waals surface area contributed by atoms with Gasteiger partial charge in [0.05, 0.1) is 0 Å². The second-order valence-corrected chi connectivity index (χ2v) is 3.88. The zero-order valence-electron chi connectivity index (χ0n) is 9.44. The van der Waals surface area contributed by atoms with Gasteiger partial charge in [-0.3, -0.25) is 4.79 Å². The molecular formula is C13H16N2O. The third-order valence-electron chi connectivity index (χ3n) is 2.82. The molecule has 0 saturated carbocycles. The molecule has 0 spiro atoms. The van der Waals surface area contributed by atoms with Crippen LogP contribution in [0.3, 0.4) is 0 Å². The van der Waals surface area contributed by atoms with E-state index in [-0.39, 0.29) is 5.56 Å². The maximum atomic E-state index is 12.0. The largest absolute Gasteiger partial charge is 0.329 e. The quantitative estimate of drug-likeness (QED) is 0.845. The Kier molecular flexibility index (Phi) is 3.06. The summed E-state index contributed by atoms with van der Waals surface area (Å²) in [6.07, 6.45) is 2.80. The highest BCUT2D eigenvalue weighted by Gasteiger charge is 2.02. The first-order chi connectivity index (χ1) is 7.76. The Morgan fingerprint density at radius 3 is 2.81 bits per heavy atom. The van der Waals surface area contributed by atoms with Gasteiger partial charge in [0, 0.05) is 24.7 Å². The Morgan fingerprint density at radius 1 is 1.31 bits per heavy atom. The average molecular weight is 216 g/mol. The van der Waals surface area contributed by atoms with E-state index in [1.54, 1.807) is 4.57 Å². The number of hydrogen-bond donors (Lipinski definition) is 1. The van der Waals surface area contributed by atoms with Crippen LogP contribution in [0, 0.1) is 0 Å². The molecule has 0 amide bonds. The van der Waals surface area contributed by atoms with Crippen molar-refractivity contribution in [2.24, 2.45) is 5.73 Å². The Labute approximate surface area is 94.5 Å². The number of benzene rings is 1. The van der Waals surface area contributed by atoms with Gasteiger partial charge in [-0.05, 0) is 29.5 Å². The second-order valence-electron chi connectivity index (χ2n) is 3.88. The van der Waals surface area contributed by atoms with Gasteiger partial charge in [0.15, 0.2) is 0 Å². The summed E-state index contributed by atoms with van der Waals surface area (Å²) in [7, 11) is 0. The van der Waals surface area contributed by atoms with Crippen LogP contribution < -0.4 is 11.3 Å². The summed E-state index contributed by atoms with van der Waals surface area (Å²) in [5.74, 6) is 0. The Bertz CT molecular complexity index is 557. The van der Waals surface area contributed by atoms with Crippen molar-refractivity contribution in [2.75, 3.05) is 6.54 Å². The standard InChI is InChI=1S/C13H16N2O/c1-2-10-3-4-12-11(9-10)5-7-15(8-6-14)13(12)16/h3-5,7,9H,2,6,8,14H2,1H3. The van der Waals surface area contributed by atoms with Gasteiger partial charge in [0.2, 0.25) is 0 Å². The Balaban J connectivity index is 2.62. The maximum Gasteiger partial charge on any atom is 0.258 e. The summed E-state index contributed by atoms with van der Waals surface area (Å²) in [5.41, 5.74) is 6.76. The fourth-order valence-corrected chi connectivity index (χ4v) is 1.87. The number of nitrogens with two attached hydrogens (primary N) is 1. The number of aromatic nitrogens is 1. The molecule has 1 heterocycles. The van der Waals surface area contributed by atoms with Crippen LogP contribution in [0.25, 0.3) is 10.8 Å². The van der Waals surface area contributed by atoms with Crippen molar-refractivity contribution < 1.29 is 0 Å². The average Bonchev–Trinajstić information content (AvgIpc) is 2.32. The minimum atomic E-state index is 0.0469. The van der Waals surface area contributed by atoms with E-state index in [0.717, 1.165) is 17.2 Å². The van der Waals surface area contributed by atoms with Crippen molar-refractivity contribution in [3.8, 4) is 0 Å². The number of aryl methyl sites for hydroxylation is 1. The van der Waals surface area contributed by atoms with Gasteiger partial charge in [-0.25, -0.2) is 0 Å². The molecule has 0 fully saturated rings. The van der Waals surface area contributed by atoms with Crippen LogP contribution in [0.4, 0.5) is 0 Å². The van der Waals surface area contributed by atoms with Gasteiger partial charge >= 0.3 is 0 Å². The molecule has 0 bridgehead atoms. The van der Waals surface area contributed by atoms with E-state index in [1.807, 2.05) is 24.4 Å². The summed E-state index contributed by atoms with van der Waals surface area (Å²) in [4.78, 5) is 12.0. The number of rotatable bonds is 3. The number of hydrogen-bond acceptors (Lipinski definition) is 2. The minimum absolute atomic E-state index is 0.0469. The Morgan fingerprint density at radius 2 is 2.12 bits per heavy atom. The summed E-state index contributed by atoms with van der Waals surface area (Å²) < 4.78 is 1.66. The van der Waals surface area contributed by atoms with Crippen molar-refractivity contribution in [1.29, 1.82) is 0 Å². The molecule has 3 nitrogen and oxygen atoms in total. The van der Waals surface area contributed by atoms with Gasteiger partial charge in [-0.15, -0.1) is 0 Å². The maximum absolute atomic E-state index is 12.0. The topological polar surface area (TPSA) is 48.0 Å². The fraction of sp³-hybridized carbons (Fsp3) is 0.308. The van der Waals surface area contributed by atoms with E-state index >= 15 is 0 Å². The van der Waals surface area contributed by atoms with Gasteiger partial charge in [0.25, 0.3) is 5.56 Å². The summed E-state index contributed by atoms with van der Waals surface area (Å²) in [6, 6.07) is 7.97. The van der Waals surface area contributed by atoms with Gasteiger partial charge in [-0.2, -0.15) is 0 Å².